The molecule has 3 rings (SSSR count). The minimum absolute atomic E-state index is 0.144. The average Bonchev–Trinajstić information content (AvgIpc) is 2.71. The summed E-state index contributed by atoms with van der Waals surface area (Å²) in [6, 6.07) is 23.0. The van der Waals surface area contributed by atoms with Crippen molar-refractivity contribution in [1.29, 1.82) is 0 Å². The number of rotatable bonds is 7. The third-order valence-corrected chi connectivity index (χ3v) is 6.59. The number of amides is 1. The van der Waals surface area contributed by atoms with Crippen LogP contribution in [0.15, 0.2) is 83.8 Å². The number of hydrogen-bond donors (Lipinski definition) is 1. The molecule has 0 unspecified atom stereocenters. The van der Waals surface area contributed by atoms with Crippen molar-refractivity contribution >= 4 is 27.3 Å². The fourth-order valence-corrected chi connectivity index (χ4v) is 4.58. The molecule has 0 aliphatic rings. The molecule has 5 nitrogen and oxygen atoms in total. The minimum Gasteiger partial charge on any atom is -0.326 e. The molecule has 29 heavy (non-hydrogen) atoms. The molecule has 0 saturated carbocycles. The molecule has 0 spiro atoms. The quantitative estimate of drug-likeness (QED) is 0.630. The largest absolute Gasteiger partial charge is 0.326 e. The average molecular weight is 409 g/mol. The zero-order chi connectivity index (χ0) is 20.9. The fraction of sp³-hybridized carbons (Fsp3) is 0.174. The molecule has 0 radical (unpaired) electrons. The molecule has 150 valence electrons. The molecule has 3 aromatic carbocycles. The van der Waals surface area contributed by atoms with Crippen molar-refractivity contribution in [1.82, 2.24) is 0 Å². The van der Waals surface area contributed by atoms with E-state index in [4.69, 9.17) is 0 Å². The summed E-state index contributed by atoms with van der Waals surface area (Å²) in [5, 5.41) is 2.82. The smallest absolute Gasteiger partial charge is 0.264 e. The molecule has 0 saturated heterocycles. The number of carbonyl (C=O) groups excluding carboxylic acids is 1. The molecule has 0 aromatic heterocycles. The number of aryl methyl sites for hydroxylation is 1. The SMILES string of the molecule is CCN(c1ccccc1)S(=O)(=O)c1ccc(NC(=O)Cc2ccccc2C)cc1. The maximum atomic E-state index is 13.0. The van der Waals surface area contributed by atoms with Crippen molar-refractivity contribution in [2.45, 2.75) is 25.2 Å². The van der Waals surface area contributed by atoms with Crippen molar-refractivity contribution in [2.75, 3.05) is 16.2 Å². The molecule has 0 bridgehead atoms. The summed E-state index contributed by atoms with van der Waals surface area (Å²) in [6.45, 7) is 4.08. The van der Waals surface area contributed by atoms with Crippen LogP contribution in [0.2, 0.25) is 0 Å². The highest BCUT2D eigenvalue weighted by molar-refractivity contribution is 7.92. The Balaban J connectivity index is 1.74. The second-order valence-electron chi connectivity index (χ2n) is 6.68. The Hall–Kier alpha value is -3.12. The first-order valence-corrected chi connectivity index (χ1v) is 10.9. The van der Waals surface area contributed by atoms with E-state index in [0.717, 1.165) is 11.1 Å². The van der Waals surface area contributed by atoms with Crippen LogP contribution in [0.3, 0.4) is 0 Å². The number of anilines is 2. The molecule has 0 atom stereocenters. The van der Waals surface area contributed by atoms with Gasteiger partial charge in [0.2, 0.25) is 5.91 Å². The van der Waals surface area contributed by atoms with Gasteiger partial charge in [0.05, 0.1) is 17.0 Å². The maximum absolute atomic E-state index is 13.0. The zero-order valence-electron chi connectivity index (χ0n) is 16.5. The molecule has 6 heteroatoms. The second-order valence-corrected chi connectivity index (χ2v) is 8.54. The Morgan fingerprint density at radius 1 is 0.897 bits per heavy atom. The molecular formula is C23H24N2O3S. The lowest BCUT2D eigenvalue weighted by molar-refractivity contribution is -0.115. The molecular weight excluding hydrogens is 384 g/mol. The number of benzene rings is 3. The molecule has 0 heterocycles. The Kier molecular flexibility index (Phi) is 6.34. The molecule has 1 amide bonds. The van der Waals surface area contributed by atoms with Gasteiger partial charge in [0.15, 0.2) is 0 Å². The van der Waals surface area contributed by atoms with Crippen LogP contribution in [0.4, 0.5) is 11.4 Å². The van der Waals surface area contributed by atoms with Gasteiger partial charge in [0, 0.05) is 12.2 Å². The van der Waals surface area contributed by atoms with E-state index in [1.165, 1.54) is 16.4 Å². The van der Waals surface area contributed by atoms with Gasteiger partial charge in [-0.3, -0.25) is 9.10 Å². The van der Waals surface area contributed by atoms with Crippen molar-refractivity contribution in [2.24, 2.45) is 0 Å². The predicted molar refractivity (Wildman–Crippen MR) is 117 cm³/mol. The number of carbonyl (C=O) groups is 1. The minimum atomic E-state index is -3.68. The zero-order valence-corrected chi connectivity index (χ0v) is 17.3. The van der Waals surface area contributed by atoms with Crippen LogP contribution in [0.25, 0.3) is 0 Å². The summed E-state index contributed by atoms with van der Waals surface area (Å²) in [6.07, 6.45) is 0.268. The number of hydrogen-bond acceptors (Lipinski definition) is 3. The van der Waals surface area contributed by atoms with Gasteiger partial charge in [-0.25, -0.2) is 8.42 Å². The fourth-order valence-electron chi connectivity index (χ4n) is 3.11. The first kappa shape index (κ1) is 20.6. The second kappa shape index (κ2) is 8.92. The van der Waals surface area contributed by atoms with Crippen LogP contribution in [0, 0.1) is 6.92 Å². The van der Waals surface area contributed by atoms with Gasteiger partial charge in [-0.1, -0.05) is 42.5 Å². The van der Waals surface area contributed by atoms with Crippen molar-refractivity contribution in [3.63, 3.8) is 0 Å². The van der Waals surface area contributed by atoms with Gasteiger partial charge < -0.3 is 5.32 Å². The Morgan fingerprint density at radius 3 is 2.14 bits per heavy atom. The monoisotopic (exact) mass is 408 g/mol. The Labute approximate surface area is 172 Å². The molecule has 1 N–H and O–H groups in total. The van der Waals surface area contributed by atoms with Crippen LogP contribution in [-0.4, -0.2) is 20.9 Å². The summed E-state index contributed by atoms with van der Waals surface area (Å²) < 4.78 is 27.4. The topological polar surface area (TPSA) is 66.5 Å². The number of nitrogens with one attached hydrogen (secondary N) is 1. The lowest BCUT2D eigenvalue weighted by atomic mass is 10.1. The predicted octanol–water partition coefficient (Wildman–Crippen LogP) is 4.39. The van der Waals surface area contributed by atoms with Gasteiger partial charge >= 0.3 is 0 Å². The van der Waals surface area contributed by atoms with Crippen molar-refractivity contribution in [3.05, 3.63) is 90.0 Å². The summed E-state index contributed by atoms with van der Waals surface area (Å²) in [4.78, 5) is 12.5. The summed E-state index contributed by atoms with van der Waals surface area (Å²) in [5.74, 6) is -0.144. The third kappa shape index (κ3) is 4.84. The molecule has 3 aromatic rings. The number of sulfonamides is 1. The van der Waals surface area contributed by atoms with E-state index in [1.807, 2.05) is 37.3 Å². The maximum Gasteiger partial charge on any atom is 0.264 e. The number of nitrogens with zero attached hydrogens (tertiary/aromatic N) is 1. The van der Waals surface area contributed by atoms with Crippen molar-refractivity contribution in [3.8, 4) is 0 Å². The third-order valence-electron chi connectivity index (χ3n) is 4.67. The van der Waals surface area contributed by atoms with E-state index in [2.05, 4.69) is 5.32 Å². The molecule has 0 fully saturated rings. The highest BCUT2D eigenvalue weighted by atomic mass is 32.2. The highest BCUT2D eigenvalue weighted by Crippen LogP contribution is 2.24. The Morgan fingerprint density at radius 2 is 1.52 bits per heavy atom. The van der Waals surface area contributed by atoms with E-state index in [0.29, 0.717) is 17.9 Å². The lowest BCUT2D eigenvalue weighted by Gasteiger charge is -2.23. The lowest BCUT2D eigenvalue weighted by Crippen LogP contribution is -2.30. The van der Waals surface area contributed by atoms with Crippen LogP contribution in [-0.2, 0) is 21.2 Å². The molecule has 0 aliphatic carbocycles. The summed E-state index contributed by atoms with van der Waals surface area (Å²) in [5.41, 5.74) is 3.20. The van der Waals surface area contributed by atoms with Crippen LogP contribution < -0.4 is 9.62 Å². The highest BCUT2D eigenvalue weighted by Gasteiger charge is 2.23. The van der Waals surface area contributed by atoms with Gasteiger partial charge in [0.25, 0.3) is 10.0 Å². The summed E-state index contributed by atoms with van der Waals surface area (Å²) >= 11 is 0. The van der Waals surface area contributed by atoms with Crippen LogP contribution in [0.5, 0.6) is 0 Å². The van der Waals surface area contributed by atoms with E-state index < -0.39 is 10.0 Å². The normalized spacial score (nSPS) is 11.1. The van der Waals surface area contributed by atoms with Gasteiger partial charge in [0.1, 0.15) is 0 Å². The van der Waals surface area contributed by atoms with E-state index >= 15 is 0 Å². The van der Waals surface area contributed by atoms with Gasteiger partial charge in [-0.2, -0.15) is 0 Å². The van der Waals surface area contributed by atoms with E-state index in [9.17, 15) is 13.2 Å². The van der Waals surface area contributed by atoms with Crippen LogP contribution >= 0.6 is 0 Å². The van der Waals surface area contributed by atoms with E-state index in [-0.39, 0.29) is 17.2 Å². The first-order valence-electron chi connectivity index (χ1n) is 9.44. The summed E-state index contributed by atoms with van der Waals surface area (Å²) in [7, 11) is -3.68. The first-order chi connectivity index (χ1) is 13.9. The van der Waals surface area contributed by atoms with Gasteiger partial charge in [-0.05, 0) is 61.4 Å². The van der Waals surface area contributed by atoms with Crippen LogP contribution in [0.1, 0.15) is 18.1 Å². The standard InChI is InChI=1S/C23H24N2O3S/c1-3-25(21-11-5-4-6-12-21)29(27,28)22-15-13-20(14-16-22)24-23(26)17-19-10-8-7-9-18(19)2/h4-16H,3,17H2,1-2H3,(H,24,26). The number of para-hydroxylation sites is 1. The molecule has 0 aliphatic heterocycles. The van der Waals surface area contributed by atoms with E-state index in [1.54, 1.807) is 43.3 Å². The Bertz CT molecular complexity index is 1080. The van der Waals surface area contributed by atoms with Crippen molar-refractivity contribution < 1.29 is 13.2 Å². The van der Waals surface area contributed by atoms with Gasteiger partial charge in [-0.15, -0.1) is 0 Å².